The van der Waals surface area contributed by atoms with Crippen LogP contribution in [0.5, 0.6) is 0 Å². The lowest BCUT2D eigenvalue weighted by Gasteiger charge is -2.26. The van der Waals surface area contributed by atoms with Crippen molar-refractivity contribution in [1.29, 1.82) is 0 Å². The van der Waals surface area contributed by atoms with Crippen LogP contribution in [0.4, 0.5) is 0 Å². The molecule has 110 valence electrons. The Labute approximate surface area is 118 Å². The number of carbonyl (C=O) groups excluding carboxylic acids is 1. The molecule has 20 heavy (non-hydrogen) atoms. The first kappa shape index (κ1) is 14.6. The average molecular weight is 279 g/mol. The van der Waals surface area contributed by atoms with Crippen molar-refractivity contribution in [3.63, 3.8) is 0 Å². The highest BCUT2D eigenvalue weighted by atomic mass is 16.4. The molecule has 0 bridgehead atoms. The number of nitrogens with zero attached hydrogens (tertiary/aromatic N) is 1. The monoisotopic (exact) mass is 279 g/mol. The van der Waals surface area contributed by atoms with Crippen LogP contribution >= 0.6 is 0 Å². The van der Waals surface area contributed by atoms with Gasteiger partial charge < -0.3 is 10.4 Å². The third-order valence-electron chi connectivity index (χ3n) is 3.87. The Bertz CT molecular complexity index is 437. The summed E-state index contributed by atoms with van der Waals surface area (Å²) in [6.45, 7) is 0. The van der Waals surface area contributed by atoms with Gasteiger partial charge in [-0.15, -0.1) is 0 Å². The van der Waals surface area contributed by atoms with Crippen LogP contribution in [0.15, 0.2) is 12.4 Å². The Hall–Kier alpha value is -1.85. The summed E-state index contributed by atoms with van der Waals surface area (Å²) in [4.78, 5) is 22.6. The van der Waals surface area contributed by atoms with Crippen LogP contribution in [0.1, 0.15) is 44.1 Å². The van der Waals surface area contributed by atoms with Gasteiger partial charge in [0.2, 0.25) is 5.91 Å². The Morgan fingerprint density at radius 2 is 2.10 bits per heavy atom. The van der Waals surface area contributed by atoms with E-state index in [1.807, 2.05) is 6.20 Å². The molecule has 0 radical (unpaired) electrons. The second-order valence-electron chi connectivity index (χ2n) is 5.41. The molecule has 0 aliphatic heterocycles. The molecule has 0 saturated heterocycles. The Kier molecular flexibility index (Phi) is 5.15. The number of carbonyl (C=O) groups is 2. The average Bonchev–Trinajstić information content (AvgIpc) is 2.92. The predicted molar refractivity (Wildman–Crippen MR) is 73.1 cm³/mol. The van der Waals surface area contributed by atoms with E-state index in [4.69, 9.17) is 5.11 Å². The third-order valence-corrected chi connectivity index (χ3v) is 3.87. The Morgan fingerprint density at radius 3 is 2.70 bits per heavy atom. The number of hydrogen-bond acceptors (Lipinski definition) is 3. The van der Waals surface area contributed by atoms with Crippen molar-refractivity contribution >= 4 is 11.9 Å². The molecule has 1 aromatic heterocycles. The molecular weight excluding hydrogens is 258 g/mol. The highest BCUT2D eigenvalue weighted by Crippen LogP contribution is 2.24. The van der Waals surface area contributed by atoms with Crippen LogP contribution in [-0.4, -0.2) is 33.2 Å². The molecule has 1 aromatic rings. The summed E-state index contributed by atoms with van der Waals surface area (Å²) >= 11 is 0. The third kappa shape index (κ3) is 4.36. The van der Waals surface area contributed by atoms with Gasteiger partial charge in [-0.1, -0.05) is 0 Å². The molecule has 0 spiro atoms. The van der Waals surface area contributed by atoms with Crippen molar-refractivity contribution in [2.75, 3.05) is 0 Å². The summed E-state index contributed by atoms with van der Waals surface area (Å²) in [6.07, 6.45) is 8.62. The van der Waals surface area contributed by atoms with E-state index in [9.17, 15) is 9.59 Å². The predicted octanol–water partition coefficient (Wildman–Crippen LogP) is 1.49. The summed E-state index contributed by atoms with van der Waals surface area (Å²) in [5, 5.41) is 18.5. The molecule has 0 atom stereocenters. The number of aliphatic carboxylic acids is 1. The second-order valence-corrected chi connectivity index (χ2v) is 5.41. The van der Waals surface area contributed by atoms with Gasteiger partial charge in [-0.3, -0.25) is 14.7 Å². The fourth-order valence-electron chi connectivity index (χ4n) is 2.65. The maximum Gasteiger partial charge on any atom is 0.306 e. The molecule has 2 rings (SSSR count). The van der Waals surface area contributed by atoms with Crippen LogP contribution in [-0.2, 0) is 16.0 Å². The van der Waals surface area contributed by atoms with Gasteiger partial charge in [-0.05, 0) is 44.1 Å². The number of carboxylic acid groups (broad SMARTS) is 1. The minimum atomic E-state index is -0.713. The zero-order valence-corrected chi connectivity index (χ0v) is 11.5. The number of aromatic nitrogens is 2. The first-order valence-corrected chi connectivity index (χ1v) is 7.15. The molecule has 1 saturated carbocycles. The number of hydrogen-bond donors (Lipinski definition) is 3. The van der Waals surface area contributed by atoms with E-state index >= 15 is 0 Å². The molecule has 1 amide bonds. The SMILES string of the molecule is O=C(CCCc1cn[nH]c1)NC1CCC(C(=O)O)CC1. The lowest BCUT2D eigenvalue weighted by atomic mass is 9.86. The van der Waals surface area contributed by atoms with Crippen LogP contribution in [0.3, 0.4) is 0 Å². The van der Waals surface area contributed by atoms with Gasteiger partial charge in [-0.25, -0.2) is 0 Å². The lowest BCUT2D eigenvalue weighted by Crippen LogP contribution is -2.38. The zero-order valence-electron chi connectivity index (χ0n) is 11.5. The van der Waals surface area contributed by atoms with Crippen molar-refractivity contribution in [1.82, 2.24) is 15.5 Å². The topological polar surface area (TPSA) is 95.1 Å². The quantitative estimate of drug-likeness (QED) is 0.735. The number of H-pyrrole nitrogens is 1. The van der Waals surface area contributed by atoms with Gasteiger partial charge in [-0.2, -0.15) is 5.10 Å². The van der Waals surface area contributed by atoms with Crippen molar-refractivity contribution in [2.45, 2.75) is 51.0 Å². The van der Waals surface area contributed by atoms with Gasteiger partial charge in [0.1, 0.15) is 0 Å². The molecule has 1 aliphatic carbocycles. The van der Waals surface area contributed by atoms with E-state index in [0.717, 1.165) is 31.2 Å². The van der Waals surface area contributed by atoms with E-state index in [1.165, 1.54) is 0 Å². The molecule has 0 unspecified atom stereocenters. The normalized spacial score (nSPS) is 22.4. The smallest absolute Gasteiger partial charge is 0.306 e. The van der Waals surface area contributed by atoms with Crippen molar-refractivity contribution in [2.24, 2.45) is 5.92 Å². The van der Waals surface area contributed by atoms with E-state index in [1.54, 1.807) is 6.20 Å². The first-order chi connectivity index (χ1) is 9.65. The summed E-state index contributed by atoms with van der Waals surface area (Å²) in [5.41, 5.74) is 1.11. The van der Waals surface area contributed by atoms with Gasteiger partial charge in [0.15, 0.2) is 0 Å². The molecule has 0 aromatic carbocycles. The minimum Gasteiger partial charge on any atom is -0.481 e. The second kappa shape index (κ2) is 7.07. The Balaban J connectivity index is 1.61. The van der Waals surface area contributed by atoms with Gasteiger partial charge in [0, 0.05) is 18.7 Å². The molecule has 1 fully saturated rings. The van der Waals surface area contributed by atoms with Gasteiger partial charge in [0.25, 0.3) is 0 Å². The number of amides is 1. The maximum absolute atomic E-state index is 11.8. The molecule has 6 nitrogen and oxygen atoms in total. The fourth-order valence-corrected chi connectivity index (χ4v) is 2.65. The lowest BCUT2D eigenvalue weighted by molar-refractivity contribution is -0.142. The standard InChI is InChI=1S/C14H21N3O3/c18-13(3-1-2-10-8-15-16-9-10)17-12-6-4-11(5-7-12)14(19)20/h8-9,11-12H,1-7H2,(H,15,16)(H,17,18)(H,19,20). The van der Waals surface area contributed by atoms with Gasteiger partial charge in [0.05, 0.1) is 12.1 Å². The molecular formula is C14H21N3O3. The van der Waals surface area contributed by atoms with E-state index < -0.39 is 5.97 Å². The summed E-state index contributed by atoms with van der Waals surface area (Å²) in [5.74, 6) is -0.883. The maximum atomic E-state index is 11.8. The number of carboxylic acids is 1. The van der Waals surface area contributed by atoms with Gasteiger partial charge >= 0.3 is 5.97 Å². The zero-order chi connectivity index (χ0) is 14.4. The summed E-state index contributed by atoms with van der Waals surface area (Å²) < 4.78 is 0. The van der Waals surface area contributed by atoms with E-state index in [2.05, 4.69) is 15.5 Å². The van der Waals surface area contributed by atoms with Crippen molar-refractivity contribution in [3.8, 4) is 0 Å². The highest BCUT2D eigenvalue weighted by molar-refractivity contribution is 5.76. The molecule has 1 aliphatic rings. The van der Waals surface area contributed by atoms with E-state index in [0.29, 0.717) is 19.3 Å². The van der Waals surface area contributed by atoms with Crippen molar-refractivity contribution < 1.29 is 14.7 Å². The van der Waals surface area contributed by atoms with E-state index in [-0.39, 0.29) is 17.9 Å². The molecule has 6 heteroatoms. The number of aryl methyl sites for hydroxylation is 1. The molecule has 1 heterocycles. The largest absolute Gasteiger partial charge is 0.481 e. The van der Waals surface area contributed by atoms with Crippen molar-refractivity contribution in [3.05, 3.63) is 18.0 Å². The summed E-state index contributed by atoms with van der Waals surface area (Å²) in [6, 6.07) is 0.145. The van der Waals surface area contributed by atoms with Crippen LogP contribution in [0.2, 0.25) is 0 Å². The Morgan fingerprint density at radius 1 is 1.35 bits per heavy atom. The minimum absolute atomic E-state index is 0.0623. The van der Waals surface area contributed by atoms with Crippen LogP contribution < -0.4 is 5.32 Å². The number of rotatable bonds is 6. The fraction of sp³-hybridized carbons (Fsp3) is 0.643. The highest BCUT2D eigenvalue weighted by Gasteiger charge is 2.26. The first-order valence-electron chi connectivity index (χ1n) is 7.15. The van der Waals surface area contributed by atoms with Crippen LogP contribution in [0, 0.1) is 5.92 Å². The number of aromatic amines is 1. The number of nitrogens with one attached hydrogen (secondary N) is 2. The molecule has 3 N–H and O–H groups in total. The summed E-state index contributed by atoms with van der Waals surface area (Å²) in [7, 11) is 0. The van der Waals surface area contributed by atoms with Crippen LogP contribution in [0.25, 0.3) is 0 Å².